The molecule has 0 spiro atoms. The summed E-state index contributed by atoms with van der Waals surface area (Å²) in [7, 11) is -1.35. The molecule has 1 fully saturated rings. The van der Waals surface area contributed by atoms with E-state index >= 15 is 0 Å². The highest BCUT2D eigenvalue weighted by atomic mass is 32.2. The average Bonchev–Trinajstić information content (AvgIpc) is 3.31. The second kappa shape index (κ2) is 5.94. The lowest BCUT2D eigenvalue weighted by atomic mass is 10.0. The molecule has 0 amide bonds. The van der Waals surface area contributed by atoms with Gasteiger partial charge in [0.25, 0.3) is 0 Å². The average molecular weight is 309 g/mol. The van der Waals surface area contributed by atoms with Crippen molar-refractivity contribution >= 4 is 15.7 Å². The van der Waals surface area contributed by atoms with Crippen LogP contribution < -0.4 is 10.0 Å². The van der Waals surface area contributed by atoms with Crippen molar-refractivity contribution in [3.05, 3.63) is 23.8 Å². The van der Waals surface area contributed by atoms with Crippen LogP contribution in [0.5, 0.6) is 0 Å². The highest BCUT2D eigenvalue weighted by Crippen LogP contribution is 2.25. The molecule has 2 aliphatic rings. The molecule has 0 radical (unpaired) electrons. The van der Waals surface area contributed by atoms with Crippen LogP contribution in [0.4, 0.5) is 5.69 Å². The van der Waals surface area contributed by atoms with Crippen molar-refractivity contribution in [1.82, 2.24) is 9.62 Å². The Balaban J connectivity index is 1.63. The van der Waals surface area contributed by atoms with Gasteiger partial charge >= 0.3 is 0 Å². The molecule has 5 nitrogen and oxygen atoms in total. The zero-order valence-corrected chi connectivity index (χ0v) is 13.2. The number of hydrogen-bond acceptors (Lipinski definition) is 4. The molecule has 0 saturated heterocycles. The number of hydrogen-bond donors (Lipinski definition) is 2. The molecule has 0 atom stereocenters. The minimum atomic E-state index is -3.40. The predicted octanol–water partition coefficient (Wildman–Crippen LogP) is 1.42. The lowest BCUT2D eigenvalue weighted by Crippen LogP contribution is -2.34. The van der Waals surface area contributed by atoms with Crippen LogP contribution in [0.3, 0.4) is 0 Å². The van der Waals surface area contributed by atoms with Gasteiger partial charge in [0.05, 0.1) is 4.90 Å². The lowest BCUT2D eigenvalue weighted by molar-refractivity contribution is 0.329. The molecule has 0 aromatic heterocycles. The zero-order valence-electron chi connectivity index (χ0n) is 12.4. The SMILES string of the molecule is CN(CCNS(=O)(=O)c1ccc2c(c1)CCCN2)C1CC1. The third-order valence-electron chi connectivity index (χ3n) is 4.25. The Morgan fingerprint density at radius 1 is 1.38 bits per heavy atom. The first-order valence-corrected chi connectivity index (χ1v) is 9.11. The minimum Gasteiger partial charge on any atom is -0.385 e. The maximum atomic E-state index is 12.3. The predicted molar refractivity (Wildman–Crippen MR) is 84.1 cm³/mol. The number of benzene rings is 1. The summed E-state index contributed by atoms with van der Waals surface area (Å²) < 4.78 is 27.4. The van der Waals surface area contributed by atoms with E-state index in [1.165, 1.54) is 12.8 Å². The topological polar surface area (TPSA) is 61.4 Å². The minimum absolute atomic E-state index is 0.374. The molecule has 0 bridgehead atoms. The summed E-state index contributed by atoms with van der Waals surface area (Å²) >= 11 is 0. The van der Waals surface area contributed by atoms with Gasteiger partial charge in [0.15, 0.2) is 0 Å². The molecule has 1 aliphatic heterocycles. The molecule has 1 saturated carbocycles. The van der Waals surface area contributed by atoms with Crippen LogP contribution in [-0.2, 0) is 16.4 Å². The number of nitrogens with one attached hydrogen (secondary N) is 2. The number of anilines is 1. The van der Waals surface area contributed by atoms with Crippen LogP contribution in [0.25, 0.3) is 0 Å². The first-order chi connectivity index (χ1) is 10.1. The van der Waals surface area contributed by atoms with Crippen LogP contribution in [0.1, 0.15) is 24.8 Å². The molecular weight excluding hydrogens is 286 g/mol. The van der Waals surface area contributed by atoms with Gasteiger partial charge in [-0.15, -0.1) is 0 Å². The van der Waals surface area contributed by atoms with Crippen LogP contribution in [-0.4, -0.2) is 46.0 Å². The van der Waals surface area contributed by atoms with Gasteiger partial charge in [0.1, 0.15) is 0 Å². The van der Waals surface area contributed by atoms with Gasteiger partial charge in [-0.05, 0) is 56.5 Å². The van der Waals surface area contributed by atoms with Crippen LogP contribution in [0, 0.1) is 0 Å². The highest BCUT2D eigenvalue weighted by Gasteiger charge is 2.26. The van der Waals surface area contributed by atoms with Gasteiger partial charge < -0.3 is 10.2 Å². The molecule has 3 rings (SSSR count). The summed E-state index contributed by atoms with van der Waals surface area (Å²) in [5.74, 6) is 0. The molecule has 21 heavy (non-hydrogen) atoms. The van der Waals surface area contributed by atoms with Gasteiger partial charge in [0.2, 0.25) is 10.0 Å². The number of sulfonamides is 1. The largest absolute Gasteiger partial charge is 0.385 e. The van der Waals surface area contributed by atoms with Gasteiger partial charge in [-0.25, -0.2) is 13.1 Å². The van der Waals surface area contributed by atoms with Crippen molar-refractivity contribution in [2.24, 2.45) is 0 Å². The first kappa shape index (κ1) is 14.8. The molecule has 2 N–H and O–H groups in total. The van der Waals surface area contributed by atoms with Gasteiger partial charge in [-0.3, -0.25) is 0 Å². The van der Waals surface area contributed by atoms with Gasteiger partial charge in [-0.2, -0.15) is 0 Å². The molecule has 1 heterocycles. The quantitative estimate of drug-likeness (QED) is 0.834. The van der Waals surface area contributed by atoms with Crippen molar-refractivity contribution in [3.8, 4) is 0 Å². The fraction of sp³-hybridized carbons (Fsp3) is 0.600. The van der Waals surface area contributed by atoms with E-state index in [0.29, 0.717) is 17.5 Å². The summed E-state index contributed by atoms with van der Waals surface area (Å²) in [6, 6.07) is 6.02. The number of rotatable bonds is 6. The van der Waals surface area contributed by atoms with E-state index in [9.17, 15) is 8.42 Å². The Bertz CT molecular complexity index is 611. The van der Waals surface area contributed by atoms with Crippen molar-refractivity contribution in [2.45, 2.75) is 36.6 Å². The van der Waals surface area contributed by atoms with Gasteiger partial charge in [0, 0.05) is 31.4 Å². The van der Waals surface area contributed by atoms with E-state index < -0.39 is 10.0 Å². The molecule has 1 aliphatic carbocycles. The summed E-state index contributed by atoms with van der Waals surface area (Å²) in [6.45, 7) is 2.19. The molecule has 1 aromatic carbocycles. The summed E-state index contributed by atoms with van der Waals surface area (Å²) in [5.41, 5.74) is 2.16. The van der Waals surface area contributed by atoms with Crippen molar-refractivity contribution in [2.75, 3.05) is 32.0 Å². The Morgan fingerprint density at radius 2 is 2.19 bits per heavy atom. The van der Waals surface area contributed by atoms with Crippen molar-refractivity contribution < 1.29 is 8.42 Å². The van der Waals surface area contributed by atoms with E-state index in [1.807, 2.05) is 6.07 Å². The highest BCUT2D eigenvalue weighted by molar-refractivity contribution is 7.89. The second-order valence-electron chi connectivity index (χ2n) is 5.96. The number of nitrogens with zero attached hydrogens (tertiary/aromatic N) is 1. The van der Waals surface area contributed by atoms with Crippen LogP contribution >= 0.6 is 0 Å². The van der Waals surface area contributed by atoms with Crippen molar-refractivity contribution in [1.29, 1.82) is 0 Å². The third kappa shape index (κ3) is 3.56. The summed E-state index contributed by atoms with van der Waals surface area (Å²) in [6.07, 6.45) is 4.47. The van der Waals surface area contributed by atoms with E-state index in [0.717, 1.165) is 37.2 Å². The monoisotopic (exact) mass is 309 g/mol. The Labute approximate surface area is 126 Å². The normalized spacial score (nSPS) is 18.4. The van der Waals surface area contributed by atoms with Crippen LogP contribution in [0.15, 0.2) is 23.1 Å². The number of likely N-dealkylation sites (N-methyl/N-ethyl adjacent to an activating group) is 1. The lowest BCUT2D eigenvalue weighted by Gasteiger charge is -2.19. The molecule has 6 heteroatoms. The molecule has 116 valence electrons. The maximum absolute atomic E-state index is 12.3. The molecule has 1 aromatic rings. The third-order valence-corrected chi connectivity index (χ3v) is 5.71. The van der Waals surface area contributed by atoms with E-state index in [2.05, 4.69) is 22.0 Å². The van der Waals surface area contributed by atoms with Gasteiger partial charge in [-0.1, -0.05) is 0 Å². The maximum Gasteiger partial charge on any atom is 0.240 e. The summed E-state index contributed by atoms with van der Waals surface area (Å²) in [4.78, 5) is 2.60. The molecule has 0 unspecified atom stereocenters. The zero-order chi connectivity index (χ0) is 14.9. The van der Waals surface area contributed by atoms with E-state index in [-0.39, 0.29) is 0 Å². The second-order valence-corrected chi connectivity index (χ2v) is 7.73. The fourth-order valence-corrected chi connectivity index (χ4v) is 3.83. The Kier molecular flexibility index (Phi) is 4.19. The number of fused-ring (bicyclic) bond motifs is 1. The number of aryl methyl sites for hydroxylation is 1. The fourth-order valence-electron chi connectivity index (χ4n) is 2.76. The summed E-state index contributed by atoms with van der Waals surface area (Å²) in [5, 5.41) is 3.30. The van der Waals surface area contributed by atoms with E-state index in [4.69, 9.17) is 0 Å². The first-order valence-electron chi connectivity index (χ1n) is 7.63. The van der Waals surface area contributed by atoms with Crippen molar-refractivity contribution in [3.63, 3.8) is 0 Å². The van der Waals surface area contributed by atoms with Crippen LogP contribution in [0.2, 0.25) is 0 Å². The molecular formula is C15H23N3O2S. The standard InChI is InChI=1S/C15H23N3O2S/c1-18(13-4-5-13)10-9-17-21(19,20)14-6-7-15-12(11-14)3-2-8-16-15/h6-7,11,13,16-17H,2-5,8-10H2,1H3. The Morgan fingerprint density at radius 3 is 2.95 bits per heavy atom. The Hall–Kier alpha value is -1.11. The van der Waals surface area contributed by atoms with E-state index in [1.54, 1.807) is 12.1 Å². The smallest absolute Gasteiger partial charge is 0.240 e.